The average Bonchev–Trinajstić information content (AvgIpc) is 2.35. The van der Waals surface area contributed by atoms with Gasteiger partial charge in [-0.05, 0) is 64.8 Å². The van der Waals surface area contributed by atoms with E-state index in [0.29, 0.717) is 15.8 Å². The maximum atomic E-state index is 12.4. The van der Waals surface area contributed by atoms with Crippen molar-refractivity contribution in [3.05, 3.63) is 50.9 Å². The molecule has 0 aliphatic carbocycles. The number of anilines is 2. The molecule has 0 unspecified atom stereocenters. The van der Waals surface area contributed by atoms with Gasteiger partial charge in [-0.2, -0.15) is 0 Å². The van der Waals surface area contributed by atoms with Crippen LogP contribution in [-0.4, -0.2) is 8.42 Å². The van der Waals surface area contributed by atoms with E-state index in [-0.39, 0.29) is 4.90 Å². The average molecular weight is 420 g/mol. The van der Waals surface area contributed by atoms with E-state index in [1.807, 2.05) is 13.0 Å². The van der Waals surface area contributed by atoms with Crippen molar-refractivity contribution in [2.24, 2.45) is 0 Å². The van der Waals surface area contributed by atoms with E-state index in [1.165, 1.54) is 6.07 Å². The number of nitrogen functional groups attached to an aromatic ring is 1. The number of hydrogen-bond donors (Lipinski definition) is 2. The fourth-order valence-corrected chi connectivity index (χ4v) is 4.27. The summed E-state index contributed by atoms with van der Waals surface area (Å²) in [5.41, 5.74) is 7.39. The minimum absolute atomic E-state index is 0.111. The van der Waals surface area contributed by atoms with Crippen molar-refractivity contribution in [1.82, 2.24) is 0 Å². The Morgan fingerprint density at radius 3 is 2.45 bits per heavy atom. The molecule has 0 amide bonds. The molecule has 20 heavy (non-hydrogen) atoms. The fraction of sp³-hybridized carbons (Fsp3) is 0.0769. The van der Waals surface area contributed by atoms with Gasteiger partial charge in [0.15, 0.2) is 0 Å². The molecule has 106 valence electrons. The Hall–Kier alpha value is -1.05. The highest BCUT2D eigenvalue weighted by Crippen LogP contribution is 2.28. The molecular formula is C13H12Br2N2O2S. The second kappa shape index (κ2) is 5.75. The lowest BCUT2D eigenvalue weighted by atomic mass is 10.2. The monoisotopic (exact) mass is 418 g/mol. The van der Waals surface area contributed by atoms with Gasteiger partial charge >= 0.3 is 0 Å². The zero-order valence-electron chi connectivity index (χ0n) is 10.5. The Morgan fingerprint density at radius 1 is 1.10 bits per heavy atom. The first-order valence-corrected chi connectivity index (χ1v) is 8.70. The SMILES string of the molecule is Cc1cc(Br)ccc1NS(=O)(=O)c1cc(N)ccc1Br. The Morgan fingerprint density at radius 2 is 1.80 bits per heavy atom. The maximum absolute atomic E-state index is 12.4. The van der Waals surface area contributed by atoms with E-state index in [1.54, 1.807) is 24.3 Å². The van der Waals surface area contributed by atoms with Gasteiger partial charge in [0, 0.05) is 14.6 Å². The molecule has 0 saturated carbocycles. The van der Waals surface area contributed by atoms with Gasteiger partial charge in [-0.3, -0.25) is 4.72 Å². The molecule has 3 N–H and O–H groups in total. The number of nitrogens with two attached hydrogens (primary N) is 1. The van der Waals surface area contributed by atoms with Gasteiger partial charge < -0.3 is 5.73 Å². The van der Waals surface area contributed by atoms with Gasteiger partial charge in [0.05, 0.1) is 5.69 Å². The van der Waals surface area contributed by atoms with Gasteiger partial charge in [0.25, 0.3) is 10.0 Å². The van der Waals surface area contributed by atoms with Crippen LogP contribution in [0.25, 0.3) is 0 Å². The van der Waals surface area contributed by atoms with Crippen LogP contribution < -0.4 is 10.5 Å². The van der Waals surface area contributed by atoms with Crippen molar-refractivity contribution in [2.75, 3.05) is 10.5 Å². The number of sulfonamides is 1. The summed E-state index contributed by atoms with van der Waals surface area (Å²) in [6, 6.07) is 9.98. The Labute approximate surface area is 134 Å². The standard InChI is InChI=1S/C13H12Br2N2O2S/c1-8-6-9(14)2-5-12(8)17-20(18,19)13-7-10(16)3-4-11(13)15/h2-7,17H,16H2,1H3. The summed E-state index contributed by atoms with van der Waals surface area (Å²) in [5, 5.41) is 0. The number of halogens is 2. The third kappa shape index (κ3) is 3.34. The first-order valence-electron chi connectivity index (χ1n) is 5.63. The first-order chi connectivity index (χ1) is 9.29. The van der Waals surface area contributed by atoms with Gasteiger partial charge in [-0.15, -0.1) is 0 Å². The molecule has 0 heterocycles. The van der Waals surface area contributed by atoms with E-state index in [9.17, 15) is 8.42 Å². The van der Waals surface area contributed by atoms with Crippen LogP contribution in [0.4, 0.5) is 11.4 Å². The number of rotatable bonds is 3. The van der Waals surface area contributed by atoms with Gasteiger partial charge in [-0.1, -0.05) is 15.9 Å². The molecule has 0 aliphatic rings. The molecule has 0 aromatic heterocycles. The summed E-state index contributed by atoms with van der Waals surface area (Å²) in [6.45, 7) is 1.83. The molecule has 7 heteroatoms. The van der Waals surface area contributed by atoms with Crippen molar-refractivity contribution >= 4 is 53.3 Å². The van der Waals surface area contributed by atoms with Crippen LogP contribution in [0.15, 0.2) is 50.2 Å². The van der Waals surface area contributed by atoms with Crippen molar-refractivity contribution < 1.29 is 8.42 Å². The van der Waals surface area contributed by atoms with Crippen LogP contribution in [0.1, 0.15) is 5.56 Å². The zero-order valence-corrected chi connectivity index (χ0v) is 14.5. The quantitative estimate of drug-likeness (QED) is 0.741. The highest BCUT2D eigenvalue weighted by Gasteiger charge is 2.19. The first kappa shape index (κ1) is 15.3. The lowest BCUT2D eigenvalue weighted by molar-refractivity contribution is 0.600. The minimum atomic E-state index is -3.69. The molecule has 2 rings (SSSR count). The van der Waals surface area contributed by atoms with E-state index in [4.69, 9.17) is 5.73 Å². The number of nitrogens with one attached hydrogen (secondary N) is 1. The van der Waals surface area contributed by atoms with Crippen LogP contribution in [0, 0.1) is 6.92 Å². The van der Waals surface area contributed by atoms with Crippen molar-refractivity contribution in [1.29, 1.82) is 0 Å². The van der Waals surface area contributed by atoms with Gasteiger partial charge in [0.1, 0.15) is 4.90 Å². The van der Waals surface area contributed by atoms with Crippen molar-refractivity contribution in [3.8, 4) is 0 Å². The normalized spacial score (nSPS) is 11.3. The summed E-state index contributed by atoms with van der Waals surface area (Å²) in [4.78, 5) is 0.111. The summed E-state index contributed by atoms with van der Waals surface area (Å²) >= 11 is 6.57. The summed E-state index contributed by atoms with van der Waals surface area (Å²) in [6.07, 6.45) is 0. The molecule has 0 spiro atoms. The van der Waals surface area contributed by atoms with Gasteiger partial charge in [0.2, 0.25) is 0 Å². The lowest BCUT2D eigenvalue weighted by Crippen LogP contribution is -2.14. The molecule has 0 atom stereocenters. The van der Waals surface area contributed by atoms with Crippen LogP contribution in [0.5, 0.6) is 0 Å². The Kier molecular flexibility index (Phi) is 4.41. The van der Waals surface area contributed by atoms with Crippen LogP contribution in [-0.2, 0) is 10.0 Å². The number of hydrogen-bond acceptors (Lipinski definition) is 3. The van der Waals surface area contributed by atoms with Crippen molar-refractivity contribution in [2.45, 2.75) is 11.8 Å². The molecule has 4 nitrogen and oxygen atoms in total. The molecular weight excluding hydrogens is 408 g/mol. The Balaban J connectivity index is 2.43. The van der Waals surface area contributed by atoms with Crippen molar-refractivity contribution in [3.63, 3.8) is 0 Å². The molecule has 0 saturated heterocycles. The van der Waals surface area contributed by atoms with Crippen LogP contribution in [0.3, 0.4) is 0 Å². The molecule has 0 fully saturated rings. The Bertz CT molecular complexity index is 761. The van der Waals surface area contributed by atoms with E-state index in [0.717, 1.165) is 10.0 Å². The minimum Gasteiger partial charge on any atom is -0.399 e. The summed E-state index contributed by atoms with van der Waals surface area (Å²) in [5.74, 6) is 0. The largest absolute Gasteiger partial charge is 0.399 e. The van der Waals surface area contributed by atoms with Crippen LogP contribution >= 0.6 is 31.9 Å². The predicted molar refractivity (Wildman–Crippen MR) is 88.2 cm³/mol. The van der Waals surface area contributed by atoms with E-state index < -0.39 is 10.0 Å². The molecule has 0 aliphatic heterocycles. The zero-order chi connectivity index (χ0) is 14.9. The summed E-state index contributed by atoms with van der Waals surface area (Å²) < 4.78 is 28.7. The topological polar surface area (TPSA) is 72.2 Å². The number of aryl methyl sites for hydroxylation is 1. The van der Waals surface area contributed by atoms with Crippen LogP contribution in [0.2, 0.25) is 0 Å². The highest BCUT2D eigenvalue weighted by atomic mass is 79.9. The van der Waals surface area contributed by atoms with Gasteiger partial charge in [-0.25, -0.2) is 8.42 Å². The maximum Gasteiger partial charge on any atom is 0.263 e. The third-order valence-corrected chi connectivity index (χ3v) is 5.53. The molecule has 0 radical (unpaired) electrons. The lowest BCUT2D eigenvalue weighted by Gasteiger charge is -2.12. The third-order valence-electron chi connectivity index (χ3n) is 2.68. The predicted octanol–water partition coefficient (Wildman–Crippen LogP) is 3.90. The number of benzene rings is 2. The fourth-order valence-electron chi connectivity index (χ4n) is 1.67. The smallest absolute Gasteiger partial charge is 0.263 e. The molecule has 2 aromatic carbocycles. The summed E-state index contributed by atoms with van der Waals surface area (Å²) in [7, 11) is -3.69. The second-order valence-electron chi connectivity index (χ2n) is 4.25. The van der Waals surface area contributed by atoms with E-state index in [2.05, 4.69) is 36.6 Å². The highest BCUT2D eigenvalue weighted by molar-refractivity contribution is 9.10. The van der Waals surface area contributed by atoms with E-state index >= 15 is 0 Å². The molecule has 0 bridgehead atoms. The second-order valence-corrected chi connectivity index (χ2v) is 7.68. The molecule has 2 aromatic rings.